The second-order valence-electron chi connectivity index (χ2n) is 9.87. The van der Waals surface area contributed by atoms with Gasteiger partial charge in [-0.1, -0.05) is 12.1 Å². The van der Waals surface area contributed by atoms with Crippen LogP contribution in [0.5, 0.6) is 5.88 Å². The van der Waals surface area contributed by atoms with E-state index in [9.17, 15) is 14.3 Å². The highest BCUT2D eigenvalue weighted by molar-refractivity contribution is 7.19. The number of anilines is 1. The average Bonchev–Trinajstić information content (AvgIpc) is 3.49. The Balaban J connectivity index is 1.08. The van der Waals surface area contributed by atoms with Gasteiger partial charge in [0.2, 0.25) is 5.88 Å². The van der Waals surface area contributed by atoms with Crippen LogP contribution in [0, 0.1) is 17.1 Å². The first kappa shape index (κ1) is 26.2. The molecule has 1 unspecified atom stereocenters. The number of carboxylic acid groups (broad SMARTS) is 1. The number of piperazine rings is 1. The molecule has 10 nitrogen and oxygen atoms in total. The molecule has 0 bridgehead atoms. The minimum Gasteiger partial charge on any atom is -0.477 e. The largest absolute Gasteiger partial charge is 0.477 e. The number of aromatic carboxylic acids is 1. The molecule has 0 aliphatic carbocycles. The lowest BCUT2D eigenvalue weighted by Gasteiger charge is -2.35. The SMILES string of the molecule is N#Cc1ccc(COc2cccc(N3CCN(Cc4nn5cc(C(=O)O)sc5c4CC4CCO4)CC3)n2)c(F)c1. The summed E-state index contributed by atoms with van der Waals surface area (Å²) in [4.78, 5) is 21.8. The number of benzene rings is 1. The van der Waals surface area contributed by atoms with Gasteiger partial charge in [0.05, 0.1) is 29.6 Å². The van der Waals surface area contributed by atoms with Crippen LogP contribution < -0.4 is 9.64 Å². The number of pyridine rings is 1. The lowest BCUT2D eigenvalue weighted by molar-refractivity contribution is -0.0491. The molecule has 2 fully saturated rings. The summed E-state index contributed by atoms with van der Waals surface area (Å²) in [6.07, 6.45) is 3.49. The van der Waals surface area contributed by atoms with Gasteiger partial charge in [0.15, 0.2) is 0 Å². The summed E-state index contributed by atoms with van der Waals surface area (Å²) in [5, 5.41) is 23.1. The van der Waals surface area contributed by atoms with Crippen LogP contribution in [-0.4, -0.2) is 69.5 Å². The molecular weight excluding hydrogens is 535 g/mol. The van der Waals surface area contributed by atoms with Crippen molar-refractivity contribution >= 4 is 28.0 Å². The average molecular weight is 563 g/mol. The normalized spacial score (nSPS) is 17.5. The number of fused-ring (bicyclic) bond motifs is 1. The van der Waals surface area contributed by atoms with Crippen molar-refractivity contribution < 1.29 is 23.8 Å². The number of hydrogen-bond donors (Lipinski definition) is 1. The Morgan fingerprint density at radius 2 is 2.08 bits per heavy atom. The summed E-state index contributed by atoms with van der Waals surface area (Å²) in [6, 6.07) is 11.8. The number of nitrogens with zero attached hydrogens (tertiary/aromatic N) is 6. The Kier molecular flexibility index (Phi) is 7.34. The van der Waals surface area contributed by atoms with E-state index in [0.717, 1.165) is 67.5 Å². The van der Waals surface area contributed by atoms with Crippen LogP contribution >= 0.6 is 11.3 Å². The van der Waals surface area contributed by atoms with Crippen molar-refractivity contribution in [1.82, 2.24) is 19.5 Å². The number of carboxylic acids is 1. The Morgan fingerprint density at radius 1 is 1.25 bits per heavy atom. The third-order valence-electron chi connectivity index (χ3n) is 7.26. The summed E-state index contributed by atoms with van der Waals surface area (Å²) >= 11 is 1.26. The Morgan fingerprint density at radius 3 is 2.77 bits per heavy atom. The first-order chi connectivity index (χ1) is 19.5. The fourth-order valence-corrected chi connectivity index (χ4v) is 5.89. The zero-order chi connectivity index (χ0) is 27.6. The van der Waals surface area contributed by atoms with Crippen LogP contribution in [0.1, 0.15) is 38.5 Å². The van der Waals surface area contributed by atoms with E-state index in [1.165, 1.54) is 17.4 Å². The number of ether oxygens (including phenoxy) is 2. The molecule has 2 aliphatic heterocycles. The molecule has 40 heavy (non-hydrogen) atoms. The molecular formula is C28H27FN6O4S. The third-order valence-corrected chi connectivity index (χ3v) is 8.39. The van der Waals surface area contributed by atoms with E-state index >= 15 is 0 Å². The molecule has 5 heterocycles. The lowest BCUT2D eigenvalue weighted by atomic mass is 10.0. The molecule has 1 atom stereocenters. The predicted molar refractivity (Wildman–Crippen MR) is 145 cm³/mol. The van der Waals surface area contributed by atoms with Gasteiger partial charge in [-0.25, -0.2) is 13.7 Å². The van der Waals surface area contributed by atoms with Crippen LogP contribution in [0.4, 0.5) is 10.2 Å². The summed E-state index contributed by atoms with van der Waals surface area (Å²) in [5.74, 6) is -0.215. The Bertz CT molecular complexity index is 1590. The number of rotatable bonds is 9. The van der Waals surface area contributed by atoms with Gasteiger partial charge in [-0.3, -0.25) is 4.90 Å². The van der Waals surface area contributed by atoms with Crippen LogP contribution in [0.25, 0.3) is 4.83 Å². The molecule has 4 aromatic rings. The number of carbonyl (C=O) groups is 1. The molecule has 6 rings (SSSR count). The number of thiazole rings is 1. The molecule has 0 radical (unpaired) electrons. The van der Waals surface area contributed by atoms with E-state index in [-0.39, 0.29) is 23.2 Å². The van der Waals surface area contributed by atoms with Gasteiger partial charge < -0.3 is 19.5 Å². The number of nitriles is 1. The molecule has 12 heteroatoms. The summed E-state index contributed by atoms with van der Waals surface area (Å²) in [6.45, 7) is 4.64. The molecule has 206 valence electrons. The molecule has 3 aromatic heterocycles. The van der Waals surface area contributed by atoms with Crippen molar-refractivity contribution in [3.05, 3.63) is 75.7 Å². The van der Waals surface area contributed by atoms with Crippen LogP contribution in [-0.2, 0) is 24.3 Å². The minimum atomic E-state index is -0.941. The Hall–Kier alpha value is -4.05. The van der Waals surface area contributed by atoms with E-state index in [4.69, 9.17) is 19.8 Å². The van der Waals surface area contributed by atoms with Gasteiger partial charge in [-0.05, 0) is 24.6 Å². The van der Waals surface area contributed by atoms with Crippen molar-refractivity contribution in [1.29, 1.82) is 5.26 Å². The van der Waals surface area contributed by atoms with Crippen LogP contribution in [0.3, 0.4) is 0 Å². The first-order valence-corrected chi connectivity index (χ1v) is 13.9. The van der Waals surface area contributed by atoms with Crippen LogP contribution in [0.15, 0.2) is 42.6 Å². The smallest absolute Gasteiger partial charge is 0.347 e. The van der Waals surface area contributed by atoms with E-state index < -0.39 is 11.8 Å². The predicted octanol–water partition coefficient (Wildman–Crippen LogP) is 3.73. The molecule has 2 aliphatic rings. The van der Waals surface area contributed by atoms with Crippen molar-refractivity contribution in [2.45, 2.75) is 32.1 Å². The summed E-state index contributed by atoms with van der Waals surface area (Å²) < 4.78 is 27.3. The van der Waals surface area contributed by atoms with Crippen molar-refractivity contribution in [3.8, 4) is 11.9 Å². The summed E-state index contributed by atoms with van der Waals surface area (Å²) in [5.41, 5.74) is 2.68. The molecule has 0 amide bonds. The zero-order valence-corrected chi connectivity index (χ0v) is 22.4. The highest BCUT2D eigenvalue weighted by Gasteiger charge is 2.27. The van der Waals surface area contributed by atoms with E-state index in [1.54, 1.807) is 28.9 Å². The van der Waals surface area contributed by atoms with E-state index in [2.05, 4.69) is 14.8 Å². The first-order valence-electron chi connectivity index (χ1n) is 13.1. The van der Waals surface area contributed by atoms with Gasteiger partial charge in [-0.15, -0.1) is 11.3 Å². The quantitative estimate of drug-likeness (QED) is 0.326. The minimum absolute atomic E-state index is 0.0199. The van der Waals surface area contributed by atoms with Gasteiger partial charge in [0, 0.05) is 62.9 Å². The maximum absolute atomic E-state index is 14.2. The second kappa shape index (κ2) is 11.2. The fraction of sp³-hybridized carbons (Fsp3) is 0.357. The highest BCUT2D eigenvalue weighted by atomic mass is 32.1. The number of halogens is 1. The van der Waals surface area contributed by atoms with Crippen molar-refractivity contribution in [2.75, 3.05) is 37.7 Å². The van der Waals surface area contributed by atoms with Crippen molar-refractivity contribution in [2.24, 2.45) is 0 Å². The maximum Gasteiger partial charge on any atom is 0.347 e. The molecule has 2 saturated heterocycles. The highest BCUT2D eigenvalue weighted by Crippen LogP contribution is 2.30. The lowest BCUT2D eigenvalue weighted by Crippen LogP contribution is -2.46. The Labute approximate surface area is 233 Å². The van der Waals surface area contributed by atoms with Gasteiger partial charge in [-0.2, -0.15) is 15.3 Å². The monoisotopic (exact) mass is 562 g/mol. The zero-order valence-electron chi connectivity index (χ0n) is 21.6. The fourth-order valence-electron chi connectivity index (χ4n) is 4.93. The number of aromatic nitrogens is 3. The maximum atomic E-state index is 14.2. The second-order valence-corrected chi connectivity index (χ2v) is 10.9. The topological polar surface area (TPSA) is 116 Å². The van der Waals surface area contributed by atoms with Crippen molar-refractivity contribution in [3.63, 3.8) is 0 Å². The van der Waals surface area contributed by atoms with Gasteiger partial charge in [0.25, 0.3) is 0 Å². The van der Waals surface area contributed by atoms with Crippen LogP contribution in [0.2, 0.25) is 0 Å². The molecule has 0 spiro atoms. The molecule has 0 saturated carbocycles. The third kappa shape index (κ3) is 5.49. The summed E-state index contributed by atoms with van der Waals surface area (Å²) in [7, 11) is 0. The standard InChI is InChI=1S/C28H27FN6O4S/c29-22-12-18(14-30)4-5-19(22)17-39-26-3-1-2-25(31-26)34-9-7-33(8-10-34)15-23-21(13-20-6-11-38-20)27-35(32-23)16-24(40-27)28(36)37/h1-5,12,16,20H,6-11,13,15,17H2,(H,36,37). The van der Waals surface area contributed by atoms with Gasteiger partial charge >= 0.3 is 5.97 Å². The van der Waals surface area contributed by atoms with E-state index in [0.29, 0.717) is 18.0 Å². The molecule has 1 N–H and O–H groups in total. The number of hydrogen-bond acceptors (Lipinski definition) is 9. The van der Waals surface area contributed by atoms with E-state index in [1.807, 2.05) is 18.2 Å². The van der Waals surface area contributed by atoms with Gasteiger partial charge in [0.1, 0.15) is 27.9 Å². The molecule has 1 aromatic carbocycles.